The molecule has 0 spiro atoms. The molecule has 2 aromatic carbocycles. The normalized spacial score (nSPS) is 11.4. The topological polar surface area (TPSA) is 29.7 Å². The highest BCUT2D eigenvalue weighted by atomic mass is 14.9. The molecule has 146 valence electrons. The third kappa shape index (κ3) is 3.53. The fourth-order valence-corrected chi connectivity index (χ4v) is 3.97. The fraction of sp³-hybridized carbons (Fsp3) is 0.269. The van der Waals surface area contributed by atoms with E-state index >= 15 is 0 Å². The Kier molecular flexibility index (Phi) is 4.91. The molecule has 0 N–H and O–H groups in total. The molecule has 0 amide bonds. The molecule has 0 aliphatic heterocycles. The molecule has 0 aliphatic rings. The van der Waals surface area contributed by atoms with E-state index in [-0.39, 0.29) is 0 Å². The lowest BCUT2D eigenvalue weighted by atomic mass is 9.95. The Labute approximate surface area is 173 Å². The summed E-state index contributed by atoms with van der Waals surface area (Å²) in [5.74, 6) is 1.21. The van der Waals surface area contributed by atoms with Crippen molar-refractivity contribution in [3.63, 3.8) is 0 Å². The van der Waals surface area contributed by atoms with Crippen LogP contribution >= 0.6 is 0 Å². The van der Waals surface area contributed by atoms with Crippen molar-refractivity contribution in [2.75, 3.05) is 0 Å². The molecule has 3 heteroatoms. The van der Waals surface area contributed by atoms with E-state index in [0.29, 0.717) is 5.92 Å². The Morgan fingerprint density at radius 1 is 0.897 bits per heavy atom. The molecule has 0 fully saturated rings. The Balaban J connectivity index is 1.89. The predicted molar refractivity (Wildman–Crippen MR) is 120 cm³/mol. The zero-order valence-corrected chi connectivity index (χ0v) is 18.1. The number of rotatable bonds is 3. The van der Waals surface area contributed by atoms with E-state index in [1.165, 1.54) is 38.7 Å². The molecule has 4 aromatic rings. The summed E-state index contributed by atoms with van der Waals surface area (Å²) >= 11 is 0. The first-order chi connectivity index (χ1) is 13.8. The highest BCUT2D eigenvalue weighted by Gasteiger charge is 2.17. The van der Waals surface area contributed by atoms with Crippen molar-refractivity contribution in [2.24, 2.45) is 7.05 Å². The van der Waals surface area contributed by atoms with Crippen LogP contribution < -0.4 is 4.57 Å². The van der Waals surface area contributed by atoms with E-state index in [9.17, 15) is 0 Å². The minimum atomic E-state index is 0.331. The average molecular weight is 383 g/mol. The minimum Gasteiger partial charge on any atom is -0.240 e. The molecule has 29 heavy (non-hydrogen) atoms. The lowest BCUT2D eigenvalue weighted by molar-refractivity contribution is -0.659. The maximum atomic E-state index is 4.56. The number of fused-ring (bicyclic) bond motifs is 1. The summed E-state index contributed by atoms with van der Waals surface area (Å²) in [7, 11) is 2.13. The van der Waals surface area contributed by atoms with Gasteiger partial charge in [-0.1, -0.05) is 43.7 Å². The zero-order chi connectivity index (χ0) is 20.7. The Morgan fingerprint density at radius 3 is 2.31 bits per heavy atom. The predicted octanol–water partition coefficient (Wildman–Crippen LogP) is 5.84. The summed E-state index contributed by atoms with van der Waals surface area (Å²) in [5.41, 5.74) is 8.69. The van der Waals surface area contributed by atoms with Gasteiger partial charge in [-0.25, -0.2) is 14.5 Å². The van der Waals surface area contributed by atoms with Crippen molar-refractivity contribution in [3.8, 4) is 22.4 Å². The first-order valence-corrected chi connectivity index (χ1v) is 10.2. The lowest BCUT2D eigenvalue weighted by Crippen LogP contribution is -2.30. The molecule has 2 heterocycles. The van der Waals surface area contributed by atoms with Gasteiger partial charge < -0.3 is 0 Å². The van der Waals surface area contributed by atoms with Crippen LogP contribution in [0.25, 0.3) is 33.2 Å². The minimum absolute atomic E-state index is 0.331. The van der Waals surface area contributed by atoms with Gasteiger partial charge in [-0.2, -0.15) is 0 Å². The van der Waals surface area contributed by atoms with Crippen molar-refractivity contribution in [1.29, 1.82) is 0 Å². The van der Waals surface area contributed by atoms with Gasteiger partial charge in [-0.05, 0) is 48.9 Å². The van der Waals surface area contributed by atoms with Crippen LogP contribution in [0.15, 0.2) is 55.0 Å². The van der Waals surface area contributed by atoms with Gasteiger partial charge in [0, 0.05) is 35.5 Å². The van der Waals surface area contributed by atoms with Crippen LogP contribution in [0.3, 0.4) is 0 Å². The fourth-order valence-electron chi connectivity index (χ4n) is 3.97. The van der Waals surface area contributed by atoms with Crippen LogP contribution in [0.1, 0.15) is 42.3 Å². The third-order valence-corrected chi connectivity index (χ3v) is 5.72. The second-order valence-corrected chi connectivity index (χ2v) is 8.32. The molecule has 3 nitrogen and oxygen atoms in total. The highest BCUT2D eigenvalue weighted by molar-refractivity contribution is 5.96. The number of pyridine rings is 1. The summed E-state index contributed by atoms with van der Waals surface area (Å²) in [6.45, 7) is 10.8. The van der Waals surface area contributed by atoms with E-state index in [1.54, 1.807) is 0 Å². The maximum absolute atomic E-state index is 4.56. The molecular weight excluding hydrogens is 354 g/mol. The highest BCUT2D eigenvalue weighted by Crippen LogP contribution is 2.31. The van der Waals surface area contributed by atoms with Crippen molar-refractivity contribution >= 4 is 10.8 Å². The third-order valence-electron chi connectivity index (χ3n) is 5.72. The Hall–Kier alpha value is -3.07. The number of hydrogen-bond donors (Lipinski definition) is 0. The van der Waals surface area contributed by atoms with E-state index in [1.807, 2.05) is 12.4 Å². The summed E-state index contributed by atoms with van der Waals surface area (Å²) < 4.78 is 2.23. The first-order valence-electron chi connectivity index (χ1n) is 10.2. The lowest BCUT2D eigenvalue weighted by Gasteiger charge is -2.12. The zero-order valence-electron chi connectivity index (χ0n) is 18.1. The second kappa shape index (κ2) is 7.40. The van der Waals surface area contributed by atoms with Crippen LogP contribution in [0.5, 0.6) is 0 Å². The number of aromatic nitrogens is 3. The number of benzene rings is 2. The van der Waals surface area contributed by atoms with Crippen molar-refractivity contribution < 1.29 is 4.57 Å². The van der Waals surface area contributed by atoms with Crippen LogP contribution in [0, 0.1) is 20.8 Å². The molecule has 0 saturated carbocycles. The molecule has 0 unspecified atom stereocenters. The van der Waals surface area contributed by atoms with E-state index in [2.05, 4.69) is 98.8 Å². The van der Waals surface area contributed by atoms with Crippen molar-refractivity contribution in [3.05, 3.63) is 77.5 Å². The van der Waals surface area contributed by atoms with Gasteiger partial charge in [0.15, 0.2) is 6.20 Å². The Morgan fingerprint density at radius 2 is 1.62 bits per heavy atom. The first kappa shape index (κ1) is 19.3. The summed E-state index contributed by atoms with van der Waals surface area (Å²) in [4.78, 5) is 9.12. The van der Waals surface area contributed by atoms with Crippen LogP contribution in [0.2, 0.25) is 0 Å². The molecule has 2 aromatic heterocycles. The average Bonchev–Trinajstić information content (AvgIpc) is 2.70. The summed E-state index contributed by atoms with van der Waals surface area (Å²) in [6, 6.07) is 13.3. The SMILES string of the molecule is Cc1cc(C)c(C)c(-c2cc3cccc(-c4cnc(C(C)C)nc4)c3c[n+]2C)c1. The number of nitrogens with zero attached hydrogens (tertiary/aromatic N) is 3. The molecular formula is C26H28N3+. The van der Waals surface area contributed by atoms with E-state index in [4.69, 9.17) is 0 Å². The van der Waals surface area contributed by atoms with E-state index < -0.39 is 0 Å². The van der Waals surface area contributed by atoms with Gasteiger partial charge in [0.05, 0.1) is 5.39 Å². The molecule has 4 rings (SSSR count). The maximum Gasteiger partial charge on any atom is 0.213 e. The second-order valence-electron chi connectivity index (χ2n) is 8.32. The quantitative estimate of drug-likeness (QED) is 0.417. The van der Waals surface area contributed by atoms with Gasteiger partial charge in [0.2, 0.25) is 5.69 Å². The molecule has 0 atom stereocenters. The van der Waals surface area contributed by atoms with Crippen LogP contribution in [-0.2, 0) is 7.05 Å². The summed E-state index contributed by atoms with van der Waals surface area (Å²) in [6.07, 6.45) is 6.12. The van der Waals surface area contributed by atoms with Gasteiger partial charge in [0.25, 0.3) is 0 Å². The molecule has 0 aliphatic carbocycles. The number of hydrogen-bond acceptors (Lipinski definition) is 2. The van der Waals surface area contributed by atoms with Gasteiger partial charge in [0.1, 0.15) is 12.9 Å². The largest absolute Gasteiger partial charge is 0.240 e. The van der Waals surface area contributed by atoms with Gasteiger partial charge in [-0.3, -0.25) is 0 Å². The molecule has 0 bridgehead atoms. The van der Waals surface area contributed by atoms with Crippen LogP contribution in [0.4, 0.5) is 0 Å². The standard InChI is InChI=1S/C26H28N3/c1-16(2)26-27-13-21(14-28-26)22-9-7-8-20-12-25(29(6)15-24(20)22)23-11-17(3)10-18(4)19(23)5/h7-16H,1-6H3/q+1. The van der Waals surface area contributed by atoms with Crippen molar-refractivity contribution in [2.45, 2.75) is 40.5 Å². The van der Waals surface area contributed by atoms with Crippen molar-refractivity contribution in [1.82, 2.24) is 9.97 Å². The smallest absolute Gasteiger partial charge is 0.213 e. The molecule has 0 radical (unpaired) electrons. The van der Waals surface area contributed by atoms with Gasteiger partial charge in [-0.15, -0.1) is 0 Å². The van der Waals surface area contributed by atoms with Crippen LogP contribution in [-0.4, -0.2) is 9.97 Å². The summed E-state index contributed by atoms with van der Waals surface area (Å²) in [5, 5.41) is 2.43. The van der Waals surface area contributed by atoms with E-state index in [0.717, 1.165) is 17.0 Å². The molecule has 0 saturated heterocycles. The number of aryl methyl sites for hydroxylation is 3. The monoisotopic (exact) mass is 382 g/mol. The van der Waals surface area contributed by atoms with Gasteiger partial charge >= 0.3 is 0 Å². The Bertz CT molecular complexity index is 1210.